The van der Waals surface area contributed by atoms with Gasteiger partial charge in [-0.2, -0.15) is 13.2 Å². The minimum atomic E-state index is -4.54. The van der Waals surface area contributed by atoms with Gasteiger partial charge in [-0.15, -0.1) is 0 Å². The third-order valence-electron chi connectivity index (χ3n) is 3.85. The summed E-state index contributed by atoms with van der Waals surface area (Å²) in [6, 6.07) is 5.66. The van der Waals surface area contributed by atoms with Crippen molar-refractivity contribution in [3.05, 3.63) is 34.6 Å². The van der Waals surface area contributed by atoms with Crippen LogP contribution >= 0.6 is 0 Å². The molecule has 1 fully saturated rings. The van der Waals surface area contributed by atoms with Gasteiger partial charge in [-0.25, -0.2) is 4.98 Å². The third-order valence-corrected chi connectivity index (χ3v) is 3.85. The van der Waals surface area contributed by atoms with E-state index in [1.54, 1.807) is 12.1 Å². The lowest BCUT2D eigenvalue weighted by Crippen LogP contribution is -2.33. The number of pyridine rings is 2. The van der Waals surface area contributed by atoms with E-state index in [1.165, 1.54) is 13.2 Å². The Labute approximate surface area is 163 Å². The Bertz CT molecular complexity index is 881. The maximum Gasteiger partial charge on any atom is 0.422 e. The first kappa shape index (κ1) is 20.9. The van der Waals surface area contributed by atoms with Crippen LogP contribution in [0.3, 0.4) is 0 Å². The maximum atomic E-state index is 12.3. The molecule has 8 nitrogen and oxygen atoms in total. The number of H-pyrrole nitrogens is 1. The van der Waals surface area contributed by atoms with E-state index < -0.39 is 24.1 Å². The van der Waals surface area contributed by atoms with Crippen LogP contribution in [-0.4, -0.2) is 62.4 Å². The number of aromatic nitrogens is 2. The molecule has 0 spiro atoms. The average molecular weight is 416 g/mol. The summed E-state index contributed by atoms with van der Waals surface area (Å²) in [6.07, 6.45) is -4.75. The van der Waals surface area contributed by atoms with Gasteiger partial charge >= 0.3 is 6.18 Å². The number of halogens is 3. The van der Waals surface area contributed by atoms with Gasteiger partial charge in [0, 0.05) is 12.1 Å². The van der Waals surface area contributed by atoms with Crippen LogP contribution < -0.4 is 19.8 Å². The highest BCUT2D eigenvalue weighted by Crippen LogP contribution is 2.26. The average Bonchev–Trinajstić information content (AvgIpc) is 2.71. The summed E-state index contributed by atoms with van der Waals surface area (Å²) in [5.74, 6) is 0.204. The largest absolute Gasteiger partial charge is 0.491 e. The van der Waals surface area contributed by atoms with Crippen LogP contribution in [0, 0.1) is 0 Å². The van der Waals surface area contributed by atoms with E-state index in [0.29, 0.717) is 31.3 Å². The SMILES string of the molecule is COc1cc(OC[C@H]2COCCO2)cc(-c2ccc(OCC(F)(F)F)c(=O)[nH]2)n1. The molecule has 3 heterocycles. The molecule has 1 aliphatic rings. The molecule has 0 amide bonds. The quantitative estimate of drug-likeness (QED) is 0.740. The van der Waals surface area contributed by atoms with Crippen molar-refractivity contribution in [1.29, 1.82) is 0 Å². The fourth-order valence-electron chi connectivity index (χ4n) is 2.51. The fraction of sp³-hybridized carbons (Fsp3) is 0.444. The lowest BCUT2D eigenvalue weighted by Gasteiger charge is -2.23. The van der Waals surface area contributed by atoms with Crippen LogP contribution in [0.15, 0.2) is 29.1 Å². The topological polar surface area (TPSA) is 91.9 Å². The summed E-state index contributed by atoms with van der Waals surface area (Å²) in [5, 5.41) is 0. The Balaban J connectivity index is 1.76. The molecule has 1 aliphatic heterocycles. The number of ether oxygens (including phenoxy) is 5. The molecule has 11 heteroatoms. The standard InChI is InChI=1S/C18H19F3N2O6/c1-25-16-7-11(28-9-12-8-26-4-5-27-12)6-14(22-16)13-2-3-15(17(24)23-13)29-10-18(19,20)21/h2-3,6-7,12H,4-5,8-10H2,1H3,(H,23,24)/t12-/m1/s1. The summed E-state index contributed by atoms with van der Waals surface area (Å²) < 4.78 is 63.0. The molecule has 1 N–H and O–H groups in total. The van der Waals surface area contributed by atoms with Gasteiger partial charge in [0.25, 0.3) is 5.56 Å². The zero-order valence-corrected chi connectivity index (χ0v) is 15.5. The molecular formula is C18H19F3N2O6. The number of alkyl halides is 3. The van der Waals surface area contributed by atoms with E-state index in [4.69, 9.17) is 18.9 Å². The Kier molecular flexibility index (Phi) is 6.60. The minimum Gasteiger partial charge on any atom is -0.491 e. The molecule has 0 saturated carbocycles. The van der Waals surface area contributed by atoms with Gasteiger partial charge < -0.3 is 28.7 Å². The molecule has 158 valence electrons. The minimum absolute atomic E-state index is 0.212. The number of rotatable bonds is 7. The molecule has 2 aromatic rings. The van der Waals surface area contributed by atoms with E-state index >= 15 is 0 Å². The molecule has 0 radical (unpaired) electrons. The summed E-state index contributed by atoms with van der Waals surface area (Å²) in [5.41, 5.74) is -0.249. The van der Waals surface area contributed by atoms with Crippen molar-refractivity contribution in [1.82, 2.24) is 9.97 Å². The van der Waals surface area contributed by atoms with E-state index in [9.17, 15) is 18.0 Å². The molecule has 29 heavy (non-hydrogen) atoms. The van der Waals surface area contributed by atoms with Crippen LogP contribution in [0.1, 0.15) is 0 Å². The van der Waals surface area contributed by atoms with Crippen molar-refractivity contribution in [2.75, 3.05) is 40.1 Å². The van der Waals surface area contributed by atoms with Gasteiger partial charge in [-0.05, 0) is 12.1 Å². The first-order valence-corrected chi connectivity index (χ1v) is 8.65. The number of aromatic amines is 1. The van der Waals surface area contributed by atoms with Gasteiger partial charge in [0.05, 0.1) is 38.3 Å². The normalized spacial score (nSPS) is 17.0. The van der Waals surface area contributed by atoms with Gasteiger partial charge in [-0.3, -0.25) is 4.79 Å². The Morgan fingerprint density at radius 3 is 2.72 bits per heavy atom. The molecule has 0 unspecified atom stereocenters. The van der Waals surface area contributed by atoms with Crippen LogP contribution in [0.4, 0.5) is 13.2 Å². The number of nitrogens with one attached hydrogen (secondary N) is 1. The molecule has 0 aliphatic carbocycles. The monoisotopic (exact) mass is 416 g/mol. The van der Waals surface area contributed by atoms with Crippen molar-refractivity contribution in [3.8, 4) is 28.8 Å². The summed E-state index contributed by atoms with van der Waals surface area (Å²) in [4.78, 5) is 18.7. The van der Waals surface area contributed by atoms with Crippen molar-refractivity contribution < 1.29 is 36.9 Å². The first-order chi connectivity index (χ1) is 13.8. The number of hydrogen-bond acceptors (Lipinski definition) is 7. The Morgan fingerprint density at radius 1 is 1.24 bits per heavy atom. The highest BCUT2D eigenvalue weighted by atomic mass is 19.4. The predicted molar refractivity (Wildman–Crippen MR) is 94.4 cm³/mol. The van der Waals surface area contributed by atoms with Crippen LogP contribution in [-0.2, 0) is 9.47 Å². The first-order valence-electron chi connectivity index (χ1n) is 8.65. The summed E-state index contributed by atoms with van der Waals surface area (Å²) in [6.45, 7) is 0.135. The molecule has 0 bridgehead atoms. The number of nitrogens with zero attached hydrogens (tertiary/aromatic N) is 1. The molecule has 0 aromatic carbocycles. The maximum absolute atomic E-state index is 12.3. The van der Waals surface area contributed by atoms with Crippen molar-refractivity contribution in [3.63, 3.8) is 0 Å². The van der Waals surface area contributed by atoms with Gasteiger partial charge in [-0.1, -0.05) is 0 Å². The second-order valence-electron chi connectivity index (χ2n) is 6.08. The molecule has 3 rings (SSSR count). The zero-order chi connectivity index (χ0) is 20.9. The van der Waals surface area contributed by atoms with Gasteiger partial charge in [0.2, 0.25) is 5.88 Å². The van der Waals surface area contributed by atoms with Crippen molar-refractivity contribution in [2.45, 2.75) is 12.3 Å². The lowest BCUT2D eigenvalue weighted by molar-refractivity contribution is -0.153. The van der Waals surface area contributed by atoms with Crippen molar-refractivity contribution in [2.24, 2.45) is 0 Å². The van der Waals surface area contributed by atoms with E-state index in [1.807, 2.05) is 0 Å². The Hall–Kier alpha value is -2.79. The van der Waals surface area contributed by atoms with Crippen LogP contribution in [0.2, 0.25) is 0 Å². The smallest absolute Gasteiger partial charge is 0.422 e. The van der Waals surface area contributed by atoms with E-state index in [-0.39, 0.29) is 24.3 Å². The van der Waals surface area contributed by atoms with Crippen LogP contribution in [0.25, 0.3) is 11.4 Å². The summed E-state index contributed by atoms with van der Waals surface area (Å²) >= 11 is 0. The zero-order valence-electron chi connectivity index (χ0n) is 15.5. The fourth-order valence-corrected chi connectivity index (χ4v) is 2.51. The molecular weight excluding hydrogens is 397 g/mol. The third kappa shape index (κ3) is 6.09. The van der Waals surface area contributed by atoms with Crippen LogP contribution in [0.5, 0.6) is 17.4 Å². The second-order valence-corrected chi connectivity index (χ2v) is 6.08. The predicted octanol–water partition coefficient (Wildman–Crippen LogP) is 2.18. The van der Waals surface area contributed by atoms with E-state index in [0.717, 1.165) is 6.07 Å². The highest BCUT2D eigenvalue weighted by Gasteiger charge is 2.29. The molecule has 1 atom stereocenters. The lowest BCUT2D eigenvalue weighted by atomic mass is 10.2. The number of hydrogen-bond donors (Lipinski definition) is 1. The molecule has 1 saturated heterocycles. The van der Waals surface area contributed by atoms with Gasteiger partial charge in [0.15, 0.2) is 12.4 Å². The Morgan fingerprint density at radius 2 is 2.07 bits per heavy atom. The van der Waals surface area contributed by atoms with E-state index in [2.05, 4.69) is 14.7 Å². The highest BCUT2D eigenvalue weighted by molar-refractivity contribution is 5.58. The molecule has 2 aromatic heterocycles. The van der Waals surface area contributed by atoms with Gasteiger partial charge in [0.1, 0.15) is 18.5 Å². The summed E-state index contributed by atoms with van der Waals surface area (Å²) in [7, 11) is 1.42. The second kappa shape index (κ2) is 9.14. The number of methoxy groups -OCH3 is 1. The van der Waals surface area contributed by atoms with Crippen molar-refractivity contribution >= 4 is 0 Å².